The fourth-order valence-electron chi connectivity index (χ4n) is 3.27. The Morgan fingerprint density at radius 1 is 1.29 bits per heavy atom. The van der Waals surface area contributed by atoms with Crippen molar-refractivity contribution in [2.45, 2.75) is 58.9 Å². The van der Waals surface area contributed by atoms with Gasteiger partial charge in [-0.15, -0.1) is 0 Å². The normalized spacial score (nSPS) is 17.3. The second-order valence-corrected chi connectivity index (χ2v) is 6.22. The Labute approximate surface area is 128 Å². The Bertz CT molecular complexity index is 478. The van der Waals surface area contributed by atoms with Gasteiger partial charge in [-0.3, -0.25) is 4.79 Å². The first-order chi connectivity index (χ1) is 10.1. The lowest BCUT2D eigenvalue weighted by molar-refractivity contribution is 0.0918. The van der Waals surface area contributed by atoms with Crippen LogP contribution in [0.1, 0.15) is 61.9 Å². The highest BCUT2D eigenvalue weighted by atomic mass is 16.1. The van der Waals surface area contributed by atoms with E-state index in [9.17, 15) is 4.79 Å². The molecule has 0 saturated heterocycles. The summed E-state index contributed by atoms with van der Waals surface area (Å²) in [6.45, 7) is 7.11. The number of aryl methyl sites for hydroxylation is 1. The van der Waals surface area contributed by atoms with Gasteiger partial charge in [-0.25, -0.2) is 0 Å². The van der Waals surface area contributed by atoms with Crippen LogP contribution in [0.15, 0.2) is 18.2 Å². The van der Waals surface area contributed by atoms with E-state index in [4.69, 9.17) is 0 Å². The molecule has 3 heteroatoms. The molecule has 116 valence electrons. The fraction of sp³-hybridized carbons (Fsp3) is 0.611. The fourth-order valence-corrected chi connectivity index (χ4v) is 3.27. The summed E-state index contributed by atoms with van der Waals surface area (Å²) >= 11 is 0. The van der Waals surface area contributed by atoms with Crippen LogP contribution in [0.2, 0.25) is 0 Å². The third kappa shape index (κ3) is 4.23. The average molecular weight is 288 g/mol. The summed E-state index contributed by atoms with van der Waals surface area (Å²) in [6, 6.07) is 6.22. The topological polar surface area (TPSA) is 41.1 Å². The van der Waals surface area contributed by atoms with Gasteiger partial charge in [0.25, 0.3) is 5.91 Å². The monoisotopic (exact) mass is 288 g/mol. The minimum Gasteiger partial charge on any atom is -0.385 e. The van der Waals surface area contributed by atoms with E-state index in [1.54, 1.807) is 0 Å². The molecular weight excluding hydrogens is 260 g/mol. The van der Waals surface area contributed by atoms with Crippen LogP contribution in [0.4, 0.5) is 5.69 Å². The van der Waals surface area contributed by atoms with Gasteiger partial charge >= 0.3 is 0 Å². The Kier molecular flexibility index (Phi) is 5.66. The molecule has 1 fully saturated rings. The maximum atomic E-state index is 12.5. The molecule has 2 rings (SSSR count). The standard InChI is InChI=1S/C18H28N2O/c1-4-19-16-10-11-17(13(2)12-16)18(21)20-14(3)15-8-6-5-7-9-15/h10-12,14-15,19H,4-9H2,1-3H3,(H,20,21). The highest BCUT2D eigenvalue weighted by Gasteiger charge is 2.22. The van der Waals surface area contributed by atoms with E-state index in [1.807, 2.05) is 25.1 Å². The first kappa shape index (κ1) is 15.9. The van der Waals surface area contributed by atoms with Gasteiger partial charge in [0.2, 0.25) is 0 Å². The SMILES string of the molecule is CCNc1ccc(C(=O)NC(C)C2CCCCC2)c(C)c1. The lowest BCUT2D eigenvalue weighted by Gasteiger charge is -2.28. The van der Waals surface area contributed by atoms with Gasteiger partial charge in [-0.2, -0.15) is 0 Å². The van der Waals surface area contributed by atoms with E-state index in [2.05, 4.69) is 24.5 Å². The molecule has 1 unspecified atom stereocenters. The maximum absolute atomic E-state index is 12.5. The summed E-state index contributed by atoms with van der Waals surface area (Å²) in [7, 11) is 0. The van der Waals surface area contributed by atoms with Crippen LogP contribution in [0.3, 0.4) is 0 Å². The first-order valence-electron chi connectivity index (χ1n) is 8.27. The molecular formula is C18H28N2O. The van der Waals surface area contributed by atoms with E-state index >= 15 is 0 Å². The zero-order valence-corrected chi connectivity index (χ0v) is 13.5. The number of hydrogen-bond acceptors (Lipinski definition) is 2. The van der Waals surface area contributed by atoms with Crippen LogP contribution in [0.5, 0.6) is 0 Å². The lowest BCUT2D eigenvalue weighted by atomic mass is 9.84. The highest BCUT2D eigenvalue weighted by Crippen LogP contribution is 2.26. The number of anilines is 1. The first-order valence-corrected chi connectivity index (χ1v) is 8.27. The molecule has 2 N–H and O–H groups in total. The highest BCUT2D eigenvalue weighted by molar-refractivity contribution is 5.96. The van der Waals surface area contributed by atoms with Crippen molar-refractivity contribution in [3.63, 3.8) is 0 Å². The van der Waals surface area contributed by atoms with Gasteiger partial charge in [-0.1, -0.05) is 19.3 Å². The van der Waals surface area contributed by atoms with Crippen LogP contribution in [-0.4, -0.2) is 18.5 Å². The van der Waals surface area contributed by atoms with Crippen LogP contribution >= 0.6 is 0 Å². The molecule has 1 aromatic rings. The van der Waals surface area contributed by atoms with Gasteiger partial charge in [0, 0.05) is 23.8 Å². The Balaban J connectivity index is 1.99. The van der Waals surface area contributed by atoms with Crippen molar-refractivity contribution in [2.75, 3.05) is 11.9 Å². The van der Waals surface area contributed by atoms with Crippen molar-refractivity contribution in [1.82, 2.24) is 5.32 Å². The number of nitrogens with one attached hydrogen (secondary N) is 2. The Hall–Kier alpha value is -1.51. The molecule has 0 bridgehead atoms. The summed E-state index contributed by atoms with van der Waals surface area (Å²) in [6.07, 6.45) is 6.46. The number of rotatable bonds is 5. The van der Waals surface area contributed by atoms with Crippen LogP contribution < -0.4 is 10.6 Å². The second kappa shape index (κ2) is 7.48. The van der Waals surface area contributed by atoms with Crippen LogP contribution in [-0.2, 0) is 0 Å². The molecule has 0 heterocycles. The van der Waals surface area contributed by atoms with Gasteiger partial charge in [-0.05, 0) is 63.3 Å². The van der Waals surface area contributed by atoms with Crippen molar-refractivity contribution in [3.05, 3.63) is 29.3 Å². The zero-order chi connectivity index (χ0) is 15.2. The minimum absolute atomic E-state index is 0.0635. The van der Waals surface area contributed by atoms with Crippen molar-refractivity contribution < 1.29 is 4.79 Å². The van der Waals surface area contributed by atoms with Crippen LogP contribution in [0.25, 0.3) is 0 Å². The van der Waals surface area contributed by atoms with Crippen molar-refractivity contribution in [3.8, 4) is 0 Å². The number of amides is 1. The summed E-state index contributed by atoms with van der Waals surface area (Å²) in [5.74, 6) is 0.706. The third-order valence-corrected chi connectivity index (χ3v) is 4.57. The van der Waals surface area contributed by atoms with E-state index in [1.165, 1.54) is 32.1 Å². The van der Waals surface area contributed by atoms with Gasteiger partial charge in [0.1, 0.15) is 0 Å². The van der Waals surface area contributed by atoms with E-state index in [-0.39, 0.29) is 11.9 Å². The molecule has 0 radical (unpaired) electrons. The molecule has 1 amide bonds. The smallest absolute Gasteiger partial charge is 0.251 e. The quantitative estimate of drug-likeness (QED) is 0.855. The van der Waals surface area contributed by atoms with E-state index < -0.39 is 0 Å². The summed E-state index contributed by atoms with van der Waals surface area (Å²) in [5.41, 5.74) is 2.90. The van der Waals surface area contributed by atoms with Gasteiger partial charge in [0.05, 0.1) is 0 Å². The number of carbonyl (C=O) groups is 1. The molecule has 21 heavy (non-hydrogen) atoms. The maximum Gasteiger partial charge on any atom is 0.251 e. The molecule has 1 aromatic carbocycles. The van der Waals surface area contributed by atoms with E-state index in [0.29, 0.717) is 5.92 Å². The summed E-state index contributed by atoms with van der Waals surface area (Å²) in [5, 5.41) is 6.47. The zero-order valence-electron chi connectivity index (χ0n) is 13.5. The van der Waals surface area contributed by atoms with Crippen molar-refractivity contribution >= 4 is 11.6 Å². The van der Waals surface area contributed by atoms with Crippen LogP contribution in [0, 0.1) is 12.8 Å². The predicted octanol–water partition coefficient (Wildman–Crippen LogP) is 4.13. The van der Waals surface area contributed by atoms with Gasteiger partial charge in [0.15, 0.2) is 0 Å². The molecule has 1 aliphatic carbocycles. The van der Waals surface area contributed by atoms with Crippen molar-refractivity contribution in [1.29, 1.82) is 0 Å². The Morgan fingerprint density at radius 3 is 2.62 bits per heavy atom. The molecule has 0 spiro atoms. The molecule has 3 nitrogen and oxygen atoms in total. The minimum atomic E-state index is 0.0635. The lowest BCUT2D eigenvalue weighted by Crippen LogP contribution is -2.39. The van der Waals surface area contributed by atoms with Gasteiger partial charge < -0.3 is 10.6 Å². The Morgan fingerprint density at radius 2 is 2.00 bits per heavy atom. The van der Waals surface area contributed by atoms with E-state index in [0.717, 1.165) is 23.4 Å². The number of hydrogen-bond donors (Lipinski definition) is 2. The molecule has 1 saturated carbocycles. The molecule has 1 aliphatic rings. The summed E-state index contributed by atoms with van der Waals surface area (Å²) < 4.78 is 0. The molecule has 1 atom stereocenters. The number of carbonyl (C=O) groups excluding carboxylic acids is 1. The molecule has 0 aliphatic heterocycles. The summed E-state index contributed by atoms with van der Waals surface area (Å²) in [4.78, 5) is 12.5. The largest absolute Gasteiger partial charge is 0.385 e. The average Bonchev–Trinajstić information content (AvgIpc) is 2.48. The second-order valence-electron chi connectivity index (χ2n) is 6.22. The van der Waals surface area contributed by atoms with Crippen molar-refractivity contribution in [2.24, 2.45) is 5.92 Å². The number of benzene rings is 1. The predicted molar refractivity (Wildman–Crippen MR) is 88.8 cm³/mol. The molecule has 0 aromatic heterocycles. The third-order valence-electron chi connectivity index (χ3n) is 4.57.